The summed E-state index contributed by atoms with van der Waals surface area (Å²) in [7, 11) is 5.21. The third-order valence-electron chi connectivity index (χ3n) is 12.4. The first-order valence-electron chi connectivity index (χ1n) is 19.9. The van der Waals surface area contributed by atoms with Gasteiger partial charge in [0.05, 0.1) is 53.7 Å². The van der Waals surface area contributed by atoms with Crippen molar-refractivity contribution in [2.45, 2.75) is 193 Å². The molecule has 0 amide bonds. The van der Waals surface area contributed by atoms with Gasteiger partial charge in [-0.3, -0.25) is 14.4 Å². The van der Waals surface area contributed by atoms with Gasteiger partial charge in [0.25, 0.3) is 0 Å². The fourth-order valence-corrected chi connectivity index (χ4v) is 8.76. The van der Waals surface area contributed by atoms with E-state index in [1.807, 2.05) is 25.9 Å². The van der Waals surface area contributed by atoms with Gasteiger partial charge in [-0.2, -0.15) is 0 Å². The number of aliphatic hydroxyl groups is 4. The predicted molar refractivity (Wildman–Crippen MR) is 200 cm³/mol. The van der Waals surface area contributed by atoms with Crippen molar-refractivity contribution in [1.29, 1.82) is 0 Å². The number of carbonyl (C=O) groups is 3. The standard InChI is InChI=1S/C40H71NO14/c1-15-27-40(11,48)33(44)22(5)30(43)20(3)18-38(9,47)35(55-37-32(53-28(42)16-2)26(41(12)13)17-21(4)50-37)23(6)31(24(7)36(46)52-27)54-29-19-39(10,49-14)34(45)25(8)51-29/h20-27,29,31-35,37,44-45,47-48H,15-19H2,1-14H3/t20?,21?,22-,23?,24?,25?,26?,27?,29+,31+,32-,33?,34?,35-,37?,38+,39-,40-/m1/s1. The average Bonchev–Trinajstić information content (AvgIpc) is 3.11. The van der Waals surface area contributed by atoms with Gasteiger partial charge in [0.15, 0.2) is 18.7 Å². The molecular formula is C40H71NO14. The Balaban J connectivity index is 2.24. The van der Waals surface area contributed by atoms with Crippen LogP contribution in [0.5, 0.6) is 0 Å². The zero-order valence-electron chi connectivity index (χ0n) is 35.5. The summed E-state index contributed by atoms with van der Waals surface area (Å²) in [6.07, 6.45) is -9.68. The first kappa shape index (κ1) is 47.6. The minimum Gasteiger partial charge on any atom is -0.459 e. The van der Waals surface area contributed by atoms with Crippen LogP contribution < -0.4 is 0 Å². The average molecular weight is 790 g/mol. The summed E-state index contributed by atoms with van der Waals surface area (Å²) < 4.78 is 43.6. The van der Waals surface area contributed by atoms with E-state index in [9.17, 15) is 34.8 Å². The van der Waals surface area contributed by atoms with Gasteiger partial charge < -0.3 is 58.5 Å². The number of ketones is 1. The third kappa shape index (κ3) is 10.6. The van der Waals surface area contributed by atoms with Gasteiger partial charge in [-0.15, -0.1) is 0 Å². The normalized spacial score (nSPS) is 46.9. The van der Waals surface area contributed by atoms with Gasteiger partial charge >= 0.3 is 11.9 Å². The van der Waals surface area contributed by atoms with Gasteiger partial charge in [-0.1, -0.05) is 34.6 Å². The van der Waals surface area contributed by atoms with Crippen LogP contribution in [-0.4, -0.2) is 149 Å². The molecule has 55 heavy (non-hydrogen) atoms. The fraction of sp³-hybridized carbons (Fsp3) is 0.925. The molecule has 3 rings (SSSR count). The van der Waals surface area contributed by atoms with E-state index in [0.29, 0.717) is 6.42 Å². The number of hydrogen-bond acceptors (Lipinski definition) is 15. The first-order valence-corrected chi connectivity index (χ1v) is 19.9. The zero-order chi connectivity index (χ0) is 42.0. The Bertz CT molecular complexity index is 1290. The van der Waals surface area contributed by atoms with Crippen LogP contribution >= 0.6 is 0 Å². The molecule has 0 spiro atoms. The molecule has 10 unspecified atom stereocenters. The Morgan fingerprint density at radius 1 is 0.891 bits per heavy atom. The summed E-state index contributed by atoms with van der Waals surface area (Å²) in [5, 5.41) is 46.6. The highest BCUT2D eigenvalue weighted by Gasteiger charge is 2.54. The molecule has 3 aliphatic rings. The lowest BCUT2D eigenvalue weighted by Crippen LogP contribution is -2.61. The maximum absolute atomic E-state index is 14.2. The van der Waals surface area contributed by atoms with Gasteiger partial charge in [0.1, 0.15) is 23.6 Å². The molecule has 0 saturated carbocycles. The van der Waals surface area contributed by atoms with E-state index in [-0.39, 0.29) is 37.8 Å². The summed E-state index contributed by atoms with van der Waals surface area (Å²) in [6, 6.07) is -0.319. The van der Waals surface area contributed by atoms with Crippen molar-refractivity contribution >= 4 is 17.7 Å². The minimum atomic E-state index is -2.01. The van der Waals surface area contributed by atoms with Crippen molar-refractivity contribution in [3.8, 4) is 0 Å². The third-order valence-corrected chi connectivity index (χ3v) is 12.4. The number of nitrogens with zero attached hydrogens (tertiary/aromatic N) is 1. The molecule has 18 atom stereocenters. The van der Waals surface area contributed by atoms with E-state index >= 15 is 0 Å². The lowest BCUT2D eigenvalue weighted by Gasteiger charge is -2.49. The van der Waals surface area contributed by atoms with E-state index < -0.39 is 114 Å². The second kappa shape index (κ2) is 18.9. The summed E-state index contributed by atoms with van der Waals surface area (Å²) in [5.74, 6) is -5.59. The molecule has 3 heterocycles. The number of aliphatic hydroxyl groups excluding tert-OH is 2. The van der Waals surface area contributed by atoms with Crippen molar-refractivity contribution in [3.05, 3.63) is 0 Å². The van der Waals surface area contributed by atoms with Crippen LogP contribution in [0.1, 0.15) is 108 Å². The number of hydrogen-bond donors (Lipinski definition) is 4. The molecule has 3 saturated heterocycles. The first-order chi connectivity index (χ1) is 25.4. The number of rotatable bonds is 9. The largest absolute Gasteiger partial charge is 0.459 e. The monoisotopic (exact) mass is 789 g/mol. The van der Waals surface area contributed by atoms with E-state index in [0.717, 1.165) is 0 Å². The molecule has 4 N–H and O–H groups in total. The summed E-state index contributed by atoms with van der Waals surface area (Å²) >= 11 is 0. The van der Waals surface area contributed by atoms with Gasteiger partial charge in [0.2, 0.25) is 0 Å². The second-order valence-electron chi connectivity index (χ2n) is 17.3. The topological polar surface area (TPSA) is 200 Å². The maximum atomic E-state index is 14.2. The molecule has 0 aromatic carbocycles. The van der Waals surface area contributed by atoms with Crippen molar-refractivity contribution < 1.29 is 68.0 Å². The Hall–Kier alpha value is -1.79. The molecule has 3 aliphatic heterocycles. The molecular weight excluding hydrogens is 718 g/mol. The molecule has 0 radical (unpaired) electrons. The van der Waals surface area contributed by atoms with Crippen molar-refractivity contribution in [1.82, 2.24) is 4.90 Å². The number of cyclic esters (lactones) is 1. The minimum absolute atomic E-state index is 0.0760. The van der Waals surface area contributed by atoms with Crippen LogP contribution in [0.25, 0.3) is 0 Å². The molecule has 0 aromatic heterocycles. The number of Topliss-reactive ketones (excluding diaryl/α,β-unsaturated/α-hetero) is 1. The quantitative estimate of drug-likeness (QED) is 0.249. The number of likely N-dealkylation sites (N-methyl/N-ethyl adjacent to an activating group) is 1. The lowest BCUT2D eigenvalue weighted by atomic mass is 9.74. The lowest BCUT2D eigenvalue weighted by molar-refractivity contribution is -0.319. The van der Waals surface area contributed by atoms with Crippen LogP contribution in [-0.2, 0) is 47.5 Å². The predicted octanol–water partition coefficient (Wildman–Crippen LogP) is 2.75. The molecule has 15 heteroatoms. The van der Waals surface area contributed by atoms with E-state index in [2.05, 4.69) is 0 Å². The SMILES string of the molecule is CCC(=O)O[C@H]1C(O[C@@H]2C(C)[C@H](O[C@H]3C[C@@](C)(OC)C(O)C(C)O3)C(C)C(=O)OC(CC)[C@@](C)(O)C(O)[C@H](C)C(=O)C(C)C[C@]2(C)O)OC(C)CC1N(C)C. The zero-order valence-corrected chi connectivity index (χ0v) is 35.5. The number of methoxy groups -OCH3 is 1. The number of carbonyl (C=O) groups excluding carboxylic acids is 3. The molecule has 0 bridgehead atoms. The number of esters is 2. The van der Waals surface area contributed by atoms with Gasteiger partial charge in [-0.25, -0.2) is 0 Å². The molecule has 0 aromatic rings. The van der Waals surface area contributed by atoms with E-state index in [1.54, 1.807) is 48.5 Å². The van der Waals surface area contributed by atoms with Crippen molar-refractivity contribution in [2.24, 2.45) is 23.7 Å². The number of ether oxygens (including phenoxy) is 7. The van der Waals surface area contributed by atoms with E-state index in [4.69, 9.17) is 33.2 Å². The Kier molecular flexibility index (Phi) is 16.3. The molecule has 0 aliphatic carbocycles. The Morgan fingerprint density at radius 3 is 2.05 bits per heavy atom. The fourth-order valence-electron chi connectivity index (χ4n) is 8.76. The Labute approximate surface area is 327 Å². The Morgan fingerprint density at radius 2 is 1.51 bits per heavy atom. The van der Waals surface area contributed by atoms with Crippen LogP contribution in [0.15, 0.2) is 0 Å². The van der Waals surface area contributed by atoms with Gasteiger partial charge in [-0.05, 0) is 74.9 Å². The summed E-state index contributed by atoms with van der Waals surface area (Å²) in [6.45, 7) is 18.0. The van der Waals surface area contributed by atoms with Gasteiger partial charge in [0, 0.05) is 37.7 Å². The summed E-state index contributed by atoms with van der Waals surface area (Å²) in [4.78, 5) is 42.9. The molecule has 320 valence electrons. The maximum Gasteiger partial charge on any atom is 0.311 e. The van der Waals surface area contributed by atoms with Crippen molar-refractivity contribution in [3.63, 3.8) is 0 Å². The van der Waals surface area contributed by atoms with Crippen LogP contribution in [0, 0.1) is 23.7 Å². The van der Waals surface area contributed by atoms with Crippen LogP contribution in [0.4, 0.5) is 0 Å². The second-order valence-corrected chi connectivity index (χ2v) is 17.3. The highest BCUT2D eigenvalue weighted by molar-refractivity contribution is 5.83. The van der Waals surface area contributed by atoms with Crippen LogP contribution in [0.2, 0.25) is 0 Å². The van der Waals surface area contributed by atoms with E-state index in [1.165, 1.54) is 27.9 Å². The summed E-state index contributed by atoms with van der Waals surface area (Å²) in [5.41, 5.74) is -4.92. The highest BCUT2D eigenvalue weighted by Crippen LogP contribution is 2.41. The molecule has 3 fully saturated rings. The highest BCUT2D eigenvalue weighted by atomic mass is 16.7. The van der Waals surface area contributed by atoms with Crippen LogP contribution in [0.3, 0.4) is 0 Å². The van der Waals surface area contributed by atoms with Crippen molar-refractivity contribution in [2.75, 3.05) is 21.2 Å². The smallest absolute Gasteiger partial charge is 0.311 e. The molecule has 15 nitrogen and oxygen atoms in total.